The van der Waals surface area contributed by atoms with E-state index in [0.29, 0.717) is 0 Å². The van der Waals surface area contributed by atoms with Crippen LogP contribution in [-0.4, -0.2) is 6.04 Å². The van der Waals surface area contributed by atoms with E-state index in [1.54, 1.807) is 0 Å². The zero-order valence-electron chi connectivity index (χ0n) is 10.7. The number of benzene rings is 1. The number of nitrogens with one attached hydrogen (secondary N) is 1. The number of anilines is 1. The second kappa shape index (κ2) is 6.11. The van der Waals surface area contributed by atoms with Gasteiger partial charge in [0.05, 0.1) is 12.0 Å². The summed E-state index contributed by atoms with van der Waals surface area (Å²) in [5, 5.41) is 13.5. The molecule has 0 radical (unpaired) electrons. The van der Waals surface area contributed by atoms with Gasteiger partial charge < -0.3 is 5.32 Å². The summed E-state index contributed by atoms with van der Waals surface area (Å²) in [4.78, 5) is 0. The van der Waals surface area contributed by atoms with Crippen molar-refractivity contribution in [2.75, 3.05) is 5.32 Å². The molecular weight excluding hydrogens is 244 g/mol. The van der Waals surface area contributed by atoms with Crippen LogP contribution in [0.2, 0.25) is 5.02 Å². The van der Waals surface area contributed by atoms with Crippen LogP contribution in [0.15, 0.2) is 18.2 Å². The van der Waals surface area contributed by atoms with Crippen molar-refractivity contribution < 1.29 is 0 Å². The van der Waals surface area contributed by atoms with Gasteiger partial charge in [-0.25, -0.2) is 0 Å². The van der Waals surface area contributed by atoms with E-state index in [9.17, 15) is 5.26 Å². The molecule has 0 spiro atoms. The predicted octanol–water partition coefficient (Wildman–Crippen LogP) is 4.53. The first-order chi connectivity index (χ1) is 8.70. The lowest BCUT2D eigenvalue weighted by atomic mass is 9.96. The molecule has 1 saturated carbocycles. The van der Waals surface area contributed by atoms with Gasteiger partial charge in [-0.2, -0.15) is 5.26 Å². The van der Waals surface area contributed by atoms with Crippen LogP contribution in [-0.2, 0) is 0 Å². The van der Waals surface area contributed by atoms with Crippen LogP contribution in [0.4, 0.5) is 5.69 Å². The molecule has 1 aliphatic rings. The maximum Gasteiger partial charge on any atom is 0.0677 e. The number of nitriles is 1. The molecule has 0 aliphatic heterocycles. The lowest BCUT2D eigenvalue weighted by molar-refractivity contribution is 0.514. The Morgan fingerprint density at radius 3 is 2.83 bits per heavy atom. The van der Waals surface area contributed by atoms with E-state index in [4.69, 9.17) is 11.6 Å². The Morgan fingerprint density at radius 2 is 2.06 bits per heavy atom. The zero-order chi connectivity index (χ0) is 13.0. The zero-order valence-corrected chi connectivity index (χ0v) is 11.5. The van der Waals surface area contributed by atoms with Crippen LogP contribution in [0, 0.1) is 24.2 Å². The maximum atomic E-state index is 9.27. The van der Waals surface area contributed by atoms with Crippen molar-refractivity contribution in [3.05, 3.63) is 28.8 Å². The van der Waals surface area contributed by atoms with Gasteiger partial charge in [0.15, 0.2) is 0 Å². The number of halogens is 1. The smallest absolute Gasteiger partial charge is 0.0677 e. The summed E-state index contributed by atoms with van der Waals surface area (Å²) in [5.41, 5.74) is 2.25. The Bertz CT molecular complexity index is 450. The largest absolute Gasteiger partial charge is 0.381 e. The molecule has 0 bridgehead atoms. The van der Waals surface area contributed by atoms with Crippen LogP contribution >= 0.6 is 11.6 Å². The Morgan fingerprint density at radius 1 is 1.28 bits per heavy atom. The number of hydrogen-bond donors (Lipinski definition) is 1. The van der Waals surface area contributed by atoms with Crippen LogP contribution in [0.3, 0.4) is 0 Å². The molecule has 0 amide bonds. The van der Waals surface area contributed by atoms with Gasteiger partial charge in [0.2, 0.25) is 0 Å². The van der Waals surface area contributed by atoms with Crippen LogP contribution in [0.5, 0.6) is 0 Å². The minimum absolute atomic E-state index is 0.117. The van der Waals surface area contributed by atoms with E-state index >= 15 is 0 Å². The summed E-state index contributed by atoms with van der Waals surface area (Å²) in [6.07, 6.45) is 5.70. The van der Waals surface area contributed by atoms with E-state index in [1.165, 1.54) is 24.8 Å². The van der Waals surface area contributed by atoms with Gasteiger partial charge in [0, 0.05) is 16.8 Å². The molecule has 96 valence electrons. The van der Waals surface area contributed by atoms with Gasteiger partial charge >= 0.3 is 0 Å². The second-order valence-electron chi connectivity index (χ2n) is 5.08. The summed E-state index contributed by atoms with van der Waals surface area (Å²) in [6.45, 7) is 2.07. The number of aryl methyl sites for hydroxylation is 1. The van der Waals surface area contributed by atoms with Gasteiger partial charge in [-0.05, 0) is 37.5 Å². The van der Waals surface area contributed by atoms with Crippen molar-refractivity contribution in [1.82, 2.24) is 0 Å². The molecule has 2 atom stereocenters. The third-order valence-corrected chi connectivity index (χ3v) is 3.96. The molecule has 2 rings (SSSR count). The Kier molecular flexibility index (Phi) is 4.49. The first-order valence-electron chi connectivity index (χ1n) is 6.63. The molecule has 1 N–H and O–H groups in total. The minimum atomic E-state index is 0.117. The van der Waals surface area contributed by atoms with Crippen molar-refractivity contribution in [2.45, 2.75) is 45.1 Å². The SMILES string of the molecule is Cc1ccc(Cl)cc1NC1CCCCCC1C#N. The van der Waals surface area contributed by atoms with E-state index < -0.39 is 0 Å². The third kappa shape index (κ3) is 3.17. The quantitative estimate of drug-likeness (QED) is 0.795. The predicted molar refractivity (Wildman–Crippen MR) is 75.8 cm³/mol. The molecule has 1 aromatic carbocycles. The monoisotopic (exact) mass is 262 g/mol. The minimum Gasteiger partial charge on any atom is -0.381 e. The molecular formula is C15H19ClN2. The van der Waals surface area contributed by atoms with Crippen LogP contribution < -0.4 is 5.32 Å². The van der Waals surface area contributed by atoms with Crippen molar-refractivity contribution in [1.29, 1.82) is 5.26 Å². The summed E-state index contributed by atoms with van der Waals surface area (Å²) < 4.78 is 0. The first-order valence-corrected chi connectivity index (χ1v) is 7.01. The summed E-state index contributed by atoms with van der Waals surface area (Å²) in [7, 11) is 0. The highest BCUT2D eigenvalue weighted by Crippen LogP contribution is 2.28. The fourth-order valence-electron chi connectivity index (χ4n) is 2.58. The lowest BCUT2D eigenvalue weighted by Gasteiger charge is -2.23. The van der Waals surface area contributed by atoms with E-state index in [2.05, 4.69) is 18.3 Å². The molecule has 18 heavy (non-hydrogen) atoms. The molecule has 1 aromatic rings. The van der Waals surface area contributed by atoms with E-state index in [-0.39, 0.29) is 12.0 Å². The van der Waals surface area contributed by atoms with Crippen LogP contribution in [0.25, 0.3) is 0 Å². The normalized spacial score (nSPS) is 24.1. The van der Waals surface area contributed by atoms with E-state index in [1.807, 2.05) is 18.2 Å². The number of nitrogens with zero attached hydrogens (tertiary/aromatic N) is 1. The van der Waals surface area contributed by atoms with Crippen molar-refractivity contribution >= 4 is 17.3 Å². The summed E-state index contributed by atoms with van der Waals surface area (Å²) >= 11 is 6.03. The molecule has 0 aromatic heterocycles. The molecule has 0 heterocycles. The van der Waals surface area contributed by atoms with Crippen molar-refractivity contribution in [3.8, 4) is 6.07 Å². The molecule has 2 unspecified atom stereocenters. The number of rotatable bonds is 2. The fourth-order valence-corrected chi connectivity index (χ4v) is 2.76. The molecule has 1 fully saturated rings. The molecule has 0 saturated heterocycles. The topological polar surface area (TPSA) is 35.8 Å². The Labute approximate surface area is 114 Å². The molecule has 1 aliphatic carbocycles. The highest BCUT2D eigenvalue weighted by molar-refractivity contribution is 6.30. The maximum absolute atomic E-state index is 9.27. The highest BCUT2D eigenvalue weighted by Gasteiger charge is 2.23. The van der Waals surface area contributed by atoms with E-state index in [0.717, 1.165) is 23.6 Å². The van der Waals surface area contributed by atoms with Gasteiger partial charge in [-0.3, -0.25) is 0 Å². The summed E-state index contributed by atoms with van der Waals surface area (Å²) in [5.74, 6) is 0.117. The van der Waals surface area contributed by atoms with Crippen LogP contribution in [0.1, 0.15) is 37.7 Å². The van der Waals surface area contributed by atoms with Gasteiger partial charge in [0.25, 0.3) is 0 Å². The van der Waals surface area contributed by atoms with Crippen molar-refractivity contribution in [3.63, 3.8) is 0 Å². The molecule has 3 heteroatoms. The van der Waals surface area contributed by atoms with Crippen molar-refractivity contribution in [2.24, 2.45) is 5.92 Å². The molecule has 2 nitrogen and oxygen atoms in total. The second-order valence-corrected chi connectivity index (χ2v) is 5.52. The first kappa shape index (κ1) is 13.2. The fraction of sp³-hybridized carbons (Fsp3) is 0.533. The Balaban J connectivity index is 2.15. The lowest BCUT2D eigenvalue weighted by Crippen LogP contribution is -2.27. The standard InChI is InChI=1S/C15H19ClN2/c1-11-7-8-13(16)9-15(11)18-14-6-4-2-3-5-12(14)10-17/h7-9,12,14,18H,2-6H2,1H3. The van der Waals surface area contributed by atoms with Gasteiger partial charge in [0.1, 0.15) is 0 Å². The van der Waals surface area contributed by atoms with Gasteiger partial charge in [-0.1, -0.05) is 36.9 Å². The summed E-state index contributed by atoms with van der Waals surface area (Å²) in [6, 6.07) is 8.58. The average Bonchev–Trinajstić information content (AvgIpc) is 2.59. The Hall–Kier alpha value is -1.20. The van der Waals surface area contributed by atoms with Gasteiger partial charge in [-0.15, -0.1) is 0 Å². The third-order valence-electron chi connectivity index (χ3n) is 3.72. The highest BCUT2D eigenvalue weighted by atomic mass is 35.5. The number of hydrogen-bond acceptors (Lipinski definition) is 2. The average molecular weight is 263 g/mol.